The Morgan fingerprint density at radius 3 is 1.89 bits per heavy atom. The van der Waals surface area contributed by atoms with Crippen LogP contribution in [0.2, 0.25) is 0 Å². The molecule has 1 aliphatic rings. The second-order valence-electron chi connectivity index (χ2n) is 6.93. The molecule has 1 aliphatic carbocycles. The van der Waals surface area contributed by atoms with Gasteiger partial charge in [-0.1, -0.05) is 27.7 Å². The van der Waals surface area contributed by atoms with Crippen LogP contribution in [0.1, 0.15) is 51.9 Å². The highest BCUT2D eigenvalue weighted by molar-refractivity contribution is 6.01. The molecule has 1 aromatic carbocycles. The predicted octanol–water partition coefficient (Wildman–Crippen LogP) is 4.34. The van der Waals surface area contributed by atoms with Crippen LogP contribution in [0.25, 0.3) is 0 Å². The zero-order valence-electron chi connectivity index (χ0n) is 12.8. The van der Waals surface area contributed by atoms with Crippen molar-refractivity contribution in [3.8, 4) is 5.75 Å². The van der Waals surface area contributed by atoms with Crippen LogP contribution in [0.15, 0.2) is 24.3 Å². The van der Waals surface area contributed by atoms with Crippen molar-refractivity contribution in [2.24, 2.45) is 16.7 Å². The van der Waals surface area contributed by atoms with Gasteiger partial charge in [-0.3, -0.25) is 4.79 Å². The summed E-state index contributed by atoms with van der Waals surface area (Å²) in [6.45, 7) is 12.7. The van der Waals surface area contributed by atoms with Crippen LogP contribution in [-0.2, 0) is 0 Å². The lowest BCUT2D eigenvalue weighted by Gasteiger charge is -2.10. The van der Waals surface area contributed by atoms with Crippen LogP contribution in [0, 0.1) is 16.7 Å². The number of ketones is 1. The lowest BCUT2D eigenvalue weighted by molar-refractivity contribution is 0.0945. The molecule has 0 atom stereocenters. The summed E-state index contributed by atoms with van der Waals surface area (Å²) in [5.74, 6) is 1.20. The van der Waals surface area contributed by atoms with Crippen LogP contribution in [-0.4, -0.2) is 11.9 Å². The Morgan fingerprint density at radius 1 is 1.05 bits per heavy atom. The van der Waals surface area contributed by atoms with Gasteiger partial charge in [0.15, 0.2) is 5.78 Å². The summed E-state index contributed by atoms with van der Waals surface area (Å²) in [7, 11) is 0. The molecule has 0 amide bonds. The van der Waals surface area contributed by atoms with Gasteiger partial charge < -0.3 is 4.74 Å². The Bertz CT molecular complexity index is 466. The zero-order chi connectivity index (χ0) is 14.4. The van der Waals surface area contributed by atoms with Gasteiger partial charge in [0.1, 0.15) is 5.75 Å². The Balaban J connectivity index is 2.14. The van der Waals surface area contributed by atoms with Crippen molar-refractivity contribution in [1.82, 2.24) is 0 Å². The SMILES string of the molecule is CC(C)Oc1ccc(C(=O)C2C(C)(C)C2(C)C)cc1. The highest BCUT2D eigenvalue weighted by Gasteiger charge is 2.67. The van der Waals surface area contributed by atoms with Gasteiger partial charge in [0.25, 0.3) is 0 Å². The maximum Gasteiger partial charge on any atom is 0.167 e. The molecule has 0 saturated heterocycles. The number of Topliss-reactive ketones (excluding diaryl/α,β-unsaturated/α-hetero) is 1. The van der Waals surface area contributed by atoms with Crippen LogP contribution in [0.3, 0.4) is 0 Å². The maximum atomic E-state index is 12.5. The van der Waals surface area contributed by atoms with E-state index in [-0.39, 0.29) is 28.6 Å². The van der Waals surface area contributed by atoms with Crippen LogP contribution in [0.5, 0.6) is 5.75 Å². The minimum Gasteiger partial charge on any atom is -0.491 e. The van der Waals surface area contributed by atoms with Crippen molar-refractivity contribution < 1.29 is 9.53 Å². The highest BCUT2D eigenvalue weighted by Crippen LogP contribution is 2.69. The summed E-state index contributed by atoms with van der Waals surface area (Å²) in [6.07, 6.45) is 0.155. The van der Waals surface area contributed by atoms with Gasteiger partial charge in [-0.05, 0) is 48.9 Å². The molecule has 0 N–H and O–H groups in total. The molecule has 2 heteroatoms. The summed E-state index contributed by atoms with van der Waals surface area (Å²) in [5, 5.41) is 0. The molecule has 0 radical (unpaired) electrons. The van der Waals surface area contributed by atoms with E-state index in [2.05, 4.69) is 27.7 Å². The number of carbonyl (C=O) groups excluding carboxylic acids is 1. The summed E-state index contributed by atoms with van der Waals surface area (Å²) < 4.78 is 5.60. The first-order valence-electron chi connectivity index (χ1n) is 6.99. The Morgan fingerprint density at radius 2 is 1.53 bits per heavy atom. The third-order valence-electron chi connectivity index (χ3n) is 4.79. The molecule has 2 rings (SSSR count). The molecule has 1 saturated carbocycles. The van der Waals surface area contributed by atoms with E-state index >= 15 is 0 Å². The largest absolute Gasteiger partial charge is 0.491 e. The average Bonchev–Trinajstić information content (AvgIpc) is 2.68. The number of carbonyl (C=O) groups is 1. The Kier molecular flexibility index (Phi) is 3.24. The van der Waals surface area contributed by atoms with Crippen molar-refractivity contribution >= 4 is 5.78 Å². The van der Waals surface area contributed by atoms with E-state index in [0.717, 1.165) is 11.3 Å². The summed E-state index contributed by atoms with van der Waals surface area (Å²) in [5.41, 5.74) is 0.980. The second-order valence-corrected chi connectivity index (χ2v) is 6.93. The van der Waals surface area contributed by atoms with Crippen molar-refractivity contribution in [1.29, 1.82) is 0 Å². The fourth-order valence-electron chi connectivity index (χ4n) is 2.99. The van der Waals surface area contributed by atoms with E-state index in [1.54, 1.807) is 0 Å². The van der Waals surface area contributed by atoms with E-state index in [1.807, 2.05) is 38.1 Å². The van der Waals surface area contributed by atoms with Gasteiger partial charge in [-0.25, -0.2) is 0 Å². The molecule has 104 valence electrons. The summed E-state index contributed by atoms with van der Waals surface area (Å²) in [4.78, 5) is 12.5. The predicted molar refractivity (Wildman–Crippen MR) is 77.6 cm³/mol. The fraction of sp³-hybridized carbons (Fsp3) is 0.588. The van der Waals surface area contributed by atoms with Crippen LogP contribution >= 0.6 is 0 Å². The topological polar surface area (TPSA) is 26.3 Å². The molecule has 0 unspecified atom stereocenters. The Labute approximate surface area is 116 Å². The number of hydrogen-bond donors (Lipinski definition) is 0. The molecule has 19 heavy (non-hydrogen) atoms. The second kappa shape index (κ2) is 4.36. The van der Waals surface area contributed by atoms with Crippen LogP contribution < -0.4 is 4.74 Å². The number of hydrogen-bond acceptors (Lipinski definition) is 2. The summed E-state index contributed by atoms with van der Waals surface area (Å²) >= 11 is 0. The van der Waals surface area contributed by atoms with E-state index in [4.69, 9.17) is 4.74 Å². The first-order chi connectivity index (χ1) is 8.68. The molecule has 1 fully saturated rings. The van der Waals surface area contributed by atoms with Crippen molar-refractivity contribution in [3.05, 3.63) is 29.8 Å². The smallest absolute Gasteiger partial charge is 0.167 e. The summed E-state index contributed by atoms with van der Waals surface area (Å²) in [6, 6.07) is 7.53. The molecule has 0 aromatic heterocycles. The zero-order valence-corrected chi connectivity index (χ0v) is 12.8. The first-order valence-corrected chi connectivity index (χ1v) is 6.99. The van der Waals surface area contributed by atoms with Gasteiger partial charge in [-0.15, -0.1) is 0 Å². The Hall–Kier alpha value is -1.31. The van der Waals surface area contributed by atoms with Crippen molar-refractivity contribution in [3.63, 3.8) is 0 Å². The molecule has 0 bridgehead atoms. The maximum absolute atomic E-state index is 12.5. The van der Waals surface area contributed by atoms with Gasteiger partial charge in [0.05, 0.1) is 6.10 Å². The first kappa shape index (κ1) is 14.1. The van der Waals surface area contributed by atoms with E-state index < -0.39 is 0 Å². The lowest BCUT2D eigenvalue weighted by Crippen LogP contribution is -2.08. The van der Waals surface area contributed by atoms with E-state index in [9.17, 15) is 4.79 Å². The van der Waals surface area contributed by atoms with Gasteiger partial charge in [0.2, 0.25) is 0 Å². The number of ether oxygens (including phenoxy) is 1. The fourth-order valence-corrected chi connectivity index (χ4v) is 2.99. The van der Waals surface area contributed by atoms with Crippen molar-refractivity contribution in [2.45, 2.75) is 47.6 Å². The molecule has 0 spiro atoms. The monoisotopic (exact) mass is 260 g/mol. The standard InChI is InChI=1S/C17H24O2/c1-11(2)19-13-9-7-12(8-10-13)14(18)15-16(3,4)17(15,5)6/h7-11,15H,1-6H3. The third kappa shape index (κ3) is 2.29. The molecule has 2 nitrogen and oxygen atoms in total. The minimum absolute atomic E-state index is 0.0944. The third-order valence-corrected chi connectivity index (χ3v) is 4.79. The van der Waals surface area contributed by atoms with Crippen LogP contribution in [0.4, 0.5) is 0 Å². The number of rotatable bonds is 4. The molecular weight excluding hydrogens is 236 g/mol. The van der Waals surface area contributed by atoms with Gasteiger partial charge >= 0.3 is 0 Å². The molecule has 0 aliphatic heterocycles. The lowest BCUT2D eigenvalue weighted by atomic mass is 10.0. The number of benzene rings is 1. The van der Waals surface area contributed by atoms with Crippen molar-refractivity contribution in [2.75, 3.05) is 0 Å². The van der Waals surface area contributed by atoms with Gasteiger partial charge in [0, 0.05) is 11.5 Å². The van der Waals surface area contributed by atoms with E-state index in [1.165, 1.54) is 0 Å². The molecule has 1 aromatic rings. The normalized spacial score (nSPS) is 20.4. The highest BCUT2D eigenvalue weighted by atomic mass is 16.5. The molecular formula is C17H24O2. The van der Waals surface area contributed by atoms with Gasteiger partial charge in [-0.2, -0.15) is 0 Å². The average molecular weight is 260 g/mol. The minimum atomic E-state index is 0.0944. The molecule has 0 heterocycles. The quantitative estimate of drug-likeness (QED) is 0.753. The van der Waals surface area contributed by atoms with E-state index in [0.29, 0.717) is 0 Å².